The highest BCUT2D eigenvalue weighted by Gasteiger charge is 2.25. The molecule has 0 atom stereocenters. The molecule has 0 spiro atoms. The van der Waals surface area contributed by atoms with E-state index in [1.807, 2.05) is 0 Å². The molecule has 0 heterocycles. The van der Waals surface area contributed by atoms with Crippen LogP contribution in [0.2, 0.25) is 0 Å². The lowest BCUT2D eigenvalue weighted by atomic mass is 10.2. The van der Waals surface area contributed by atoms with Gasteiger partial charge in [-0.3, -0.25) is 0 Å². The number of esters is 1. The highest BCUT2D eigenvalue weighted by molar-refractivity contribution is 5.89. The maximum absolute atomic E-state index is 11.9. The Balaban J connectivity index is 2.27. The van der Waals surface area contributed by atoms with Crippen molar-refractivity contribution in [1.29, 1.82) is 0 Å². The summed E-state index contributed by atoms with van der Waals surface area (Å²) < 4.78 is 45.4. The molecule has 0 N–H and O–H groups in total. The van der Waals surface area contributed by atoms with Crippen molar-refractivity contribution in [3.05, 3.63) is 29.8 Å². The second-order valence-corrected chi connectivity index (χ2v) is 3.94. The summed E-state index contributed by atoms with van der Waals surface area (Å²) in [5, 5.41) is 0. The second kappa shape index (κ2) is 7.01. The molecule has 0 fully saturated rings. The third-order valence-corrected chi connectivity index (χ3v) is 2.41. The maximum Gasteiger partial charge on any atom is 0.389 e. The monoisotopic (exact) mass is 276 g/mol. The van der Waals surface area contributed by atoms with E-state index in [0.717, 1.165) is 0 Å². The van der Waals surface area contributed by atoms with Crippen LogP contribution in [0.25, 0.3) is 0 Å². The largest absolute Gasteiger partial charge is 0.497 e. The molecule has 0 aromatic heterocycles. The Kier molecular flexibility index (Phi) is 5.66. The topological polar surface area (TPSA) is 35.5 Å². The number of carbonyl (C=O) groups is 1. The van der Waals surface area contributed by atoms with Gasteiger partial charge in [-0.25, -0.2) is 4.79 Å². The van der Waals surface area contributed by atoms with Crippen molar-refractivity contribution >= 4 is 5.97 Å². The van der Waals surface area contributed by atoms with Gasteiger partial charge in [-0.2, -0.15) is 13.2 Å². The minimum absolute atomic E-state index is 0.0130. The summed E-state index contributed by atoms with van der Waals surface area (Å²) >= 11 is 0. The van der Waals surface area contributed by atoms with E-state index >= 15 is 0 Å². The number of benzene rings is 1. The fourth-order valence-corrected chi connectivity index (χ4v) is 1.40. The maximum atomic E-state index is 11.9. The fourth-order valence-electron chi connectivity index (χ4n) is 1.40. The lowest BCUT2D eigenvalue weighted by molar-refractivity contribution is -0.135. The zero-order chi connectivity index (χ0) is 14.3. The molecule has 0 bridgehead atoms. The van der Waals surface area contributed by atoms with Crippen LogP contribution in [0.15, 0.2) is 24.3 Å². The van der Waals surface area contributed by atoms with Crippen LogP contribution < -0.4 is 4.74 Å². The third-order valence-electron chi connectivity index (χ3n) is 2.41. The first-order valence-corrected chi connectivity index (χ1v) is 5.80. The van der Waals surface area contributed by atoms with E-state index in [1.54, 1.807) is 12.1 Å². The number of ether oxygens (including phenoxy) is 2. The van der Waals surface area contributed by atoms with Crippen molar-refractivity contribution in [2.45, 2.75) is 25.4 Å². The van der Waals surface area contributed by atoms with Crippen LogP contribution in [-0.4, -0.2) is 25.9 Å². The normalized spacial score (nSPS) is 11.2. The lowest BCUT2D eigenvalue weighted by Gasteiger charge is -2.07. The zero-order valence-corrected chi connectivity index (χ0v) is 10.5. The van der Waals surface area contributed by atoms with E-state index in [0.29, 0.717) is 11.3 Å². The summed E-state index contributed by atoms with van der Waals surface area (Å²) in [6, 6.07) is 6.30. The molecule has 0 aliphatic heterocycles. The van der Waals surface area contributed by atoms with Gasteiger partial charge in [0.1, 0.15) is 5.75 Å². The molecule has 1 aromatic rings. The second-order valence-electron chi connectivity index (χ2n) is 3.94. The molecular formula is C13H15F3O3. The van der Waals surface area contributed by atoms with Crippen LogP contribution in [-0.2, 0) is 4.74 Å². The van der Waals surface area contributed by atoms with Crippen molar-refractivity contribution in [1.82, 2.24) is 0 Å². The minimum atomic E-state index is -4.15. The van der Waals surface area contributed by atoms with Gasteiger partial charge in [0, 0.05) is 6.42 Å². The van der Waals surface area contributed by atoms with E-state index < -0.39 is 18.6 Å². The summed E-state index contributed by atoms with van der Waals surface area (Å²) in [5.41, 5.74) is 0.344. The summed E-state index contributed by atoms with van der Waals surface area (Å²) in [6.07, 6.45) is -4.85. The number of halogens is 3. The smallest absolute Gasteiger partial charge is 0.389 e. The Morgan fingerprint density at radius 2 is 1.79 bits per heavy atom. The van der Waals surface area contributed by atoms with Crippen molar-refractivity contribution in [3.8, 4) is 5.75 Å². The van der Waals surface area contributed by atoms with Gasteiger partial charge in [0.05, 0.1) is 19.3 Å². The van der Waals surface area contributed by atoms with Gasteiger partial charge in [-0.15, -0.1) is 0 Å². The molecule has 0 aliphatic carbocycles. The number of methoxy groups -OCH3 is 1. The van der Waals surface area contributed by atoms with E-state index in [4.69, 9.17) is 9.47 Å². The molecule has 1 aromatic carbocycles. The summed E-state index contributed by atoms with van der Waals surface area (Å²) in [7, 11) is 1.51. The number of carbonyl (C=O) groups excluding carboxylic acids is 1. The Labute approximate surface area is 109 Å². The van der Waals surface area contributed by atoms with E-state index in [1.165, 1.54) is 19.2 Å². The number of hydrogen-bond acceptors (Lipinski definition) is 3. The van der Waals surface area contributed by atoms with Crippen LogP contribution in [0.1, 0.15) is 29.6 Å². The first-order valence-electron chi connectivity index (χ1n) is 5.80. The van der Waals surface area contributed by atoms with Gasteiger partial charge >= 0.3 is 12.1 Å². The van der Waals surface area contributed by atoms with E-state index in [-0.39, 0.29) is 19.4 Å². The van der Waals surface area contributed by atoms with Crippen molar-refractivity contribution in [2.24, 2.45) is 0 Å². The highest BCUT2D eigenvalue weighted by atomic mass is 19.4. The Morgan fingerprint density at radius 3 is 2.32 bits per heavy atom. The predicted molar refractivity (Wildman–Crippen MR) is 63.2 cm³/mol. The standard InChI is InChI=1S/C13H15F3O3/c1-18-11-6-4-10(5-7-11)12(17)19-9-3-2-8-13(14,15)16/h4-7H,2-3,8-9H2,1H3. The van der Waals surface area contributed by atoms with Gasteiger partial charge in [0.25, 0.3) is 0 Å². The molecular weight excluding hydrogens is 261 g/mol. The fraction of sp³-hybridized carbons (Fsp3) is 0.462. The first-order chi connectivity index (χ1) is 8.92. The quantitative estimate of drug-likeness (QED) is 0.588. The Hall–Kier alpha value is -1.72. The van der Waals surface area contributed by atoms with Crippen LogP contribution in [0.4, 0.5) is 13.2 Å². The van der Waals surface area contributed by atoms with Gasteiger partial charge in [-0.1, -0.05) is 0 Å². The molecule has 0 saturated heterocycles. The van der Waals surface area contributed by atoms with E-state index in [9.17, 15) is 18.0 Å². The molecule has 0 unspecified atom stereocenters. The summed E-state index contributed by atoms with van der Waals surface area (Å²) in [6.45, 7) is -0.0130. The molecule has 3 nitrogen and oxygen atoms in total. The Morgan fingerprint density at radius 1 is 1.16 bits per heavy atom. The van der Waals surface area contributed by atoms with Crippen molar-refractivity contribution in [3.63, 3.8) is 0 Å². The van der Waals surface area contributed by atoms with E-state index in [2.05, 4.69) is 0 Å². The Bertz CT molecular complexity index is 399. The average Bonchev–Trinajstić information content (AvgIpc) is 2.37. The molecule has 0 saturated carbocycles. The average molecular weight is 276 g/mol. The molecule has 106 valence electrons. The van der Waals surface area contributed by atoms with Crippen LogP contribution in [0.5, 0.6) is 5.75 Å². The molecule has 0 aliphatic rings. The SMILES string of the molecule is COc1ccc(C(=O)OCCCCC(F)(F)F)cc1. The zero-order valence-electron chi connectivity index (χ0n) is 10.5. The molecule has 0 amide bonds. The number of unbranched alkanes of at least 4 members (excludes halogenated alkanes) is 1. The van der Waals surface area contributed by atoms with Crippen LogP contribution in [0.3, 0.4) is 0 Å². The molecule has 0 radical (unpaired) electrons. The van der Waals surface area contributed by atoms with Crippen molar-refractivity contribution in [2.75, 3.05) is 13.7 Å². The number of rotatable bonds is 6. The van der Waals surface area contributed by atoms with Crippen molar-refractivity contribution < 1.29 is 27.4 Å². The number of hydrogen-bond donors (Lipinski definition) is 0. The van der Waals surface area contributed by atoms with Gasteiger partial charge in [-0.05, 0) is 37.1 Å². The predicted octanol–water partition coefficient (Wildman–Crippen LogP) is 3.58. The summed E-state index contributed by atoms with van der Waals surface area (Å²) in [5.74, 6) is 0.0661. The molecule has 19 heavy (non-hydrogen) atoms. The lowest BCUT2D eigenvalue weighted by Crippen LogP contribution is -2.09. The first kappa shape index (κ1) is 15.3. The summed E-state index contributed by atoms with van der Waals surface area (Å²) in [4.78, 5) is 11.5. The van der Waals surface area contributed by atoms with Gasteiger partial charge in [0.2, 0.25) is 0 Å². The minimum Gasteiger partial charge on any atom is -0.497 e. The van der Waals surface area contributed by atoms with Gasteiger partial charge < -0.3 is 9.47 Å². The van der Waals surface area contributed by atoms with Crippen LogP contribution >= 0.6 is 0 Å². The van der Waals surface area contributed by atoms with Crippen LogP contribution in [0, 0.1) is 0 Å². The number of alkyl halides is 3. The van der Waals surface area contributed by atoms with Gasteiger partial charge in [0.15, 0.2) is 0 Å². The third kappa shape index (κ3) is 6.13. The molecule has 1 rings (SSSR count). The highest BCUT2D eigenvalue weighted by Crippen LogP contribution is 2.22. The molecule has 6 heteroatoms.